The van der Waals surface area contributed by atoms with Gasteiger partial charge in [0.05, 0.1) is 11.3 Å². The molecule has 1 aliphatic carbocycles. The fraction of sp³-hybridized carbons (Fsp3) is 0.290. The molecule has 1 saturated carbocycles. The summed E-state index contributed by atoms with van der Waals surface area (Å²) in [6.45, 7) is 1.45. The molecule has 0 unspecified atom stereocenters. The minimum atomic E-state index is -0.909. The molecule has 1 aromatic heterocycles. The Morgan fingerprint density at radius 3 is 2.46 bits per heavy atom. The van der Waals surface area contributed by atoms with Gasteiger partial charge < -0.3 is 15.3 Å². The van der Waals surface area contributed by atoms with Gasteiger partial charge >= 0.3 is 5.97 Å². The Balaban J connectivity index is 1.19. The number of aromatic nitrogens is 1. The summed E-state index contributed by atoms with van der Waals surface area (Å²) in [6.07, 6.45) is 6.78. The highest BCUT2D eigenvalue weighted by molar-refractivity contribution is 7.14. The second kappa shape index (κ2) is 11.6. The molecule has 1 fully saturated rings. The van der Waals surface area contributed by atoms with Gasteiger partial charge in [-0.2, -0.15) is 0 Å². The lowest BCUT2D eigenvalue weighted by Gasteiger charge is -2.22. The summed E-state index contributed by atoms with van der Waals surface area (Å²) in [7, 11) is 2.01. The van der Waals surface area contributed by atoms with Gasteiger partial charge in [-0.3, -0.25) is 0 Å². The lowest BCUT2D eigenvalue weighted by Crippen LogP contribution is -2.16. The van der Waals surface area contributed by atoms with E-state index < -0.39 is 5.97 Å². The van der Waals surface area contributed by atoms with E-state index in [4.69, 9.17) is 10.1 Å². The number of carboxylic acid groups (broad SMARTS) is 1. The van der Waals surface area contributed by atoms with Crippen molar-refractivity contribution in [2.24, 2.45) is 0 Å². The zero-order chi connectivity index (χ0) is 25.6. The van der Waals surface area contributed by atoms with E-state index in [-0.39, 0.29) is 0 Å². The van der Waals surface area contributed by atoms with Gasteiger partial charge in [0.25, 0.3) is 0 Å². The number of thiazole rings is 1. The van der Waals surface area contributed by atoms with E-state index in [0.29, 0.717) is 12.1 Å². The van der Waals surface area contributed by atoms with Crippen molar-refractivity contribution in [3.8, 4) is 11.3 Å². The monoisotopic (exact) mass is 511 g/mol. The average Bonchev–Trinajstić information content (AvgIpc) is 3.44. The smallest absolute Gasteiger partial charge is 0.335 e. The summed E-state index contributed by atoms with van der Waals surface area (Å²) in [5, 5.41) is 15.7. The molecule has 0 bridgehead atoms. The molecule has 6 heteroatoms. The van der Waals surface area contributed by atoms with Crippen LogP contribution >= 0.6 is 11.3 Å². The summed E-state index contributed by atoms with van der Waals surface area (Å²) < 4.78 is 0. The molecule has 190 valence electrons. The lowest BCUT2D eigenvalue weighted by molar-refractivity contribution is 0.0697. The van der Waals surface area contributed by atoms with Crippen LogP contribution < -0.4 is 10.2 Å². The quantitative estimate of drug-likeness (QED) is 0.240. The first-order valence-corrected chi connectivity index (χ1v) is 13.9. The molecule has 0 spiro atoms. The van der Waals surface area contributed by atoms with Gasteiger partial charge in [0.2, 0.25) is 0 Å². The van der Waals surface area contributed by atoms with Crippen LogP contribution in [0.1, 0.15) is 65.1 Å². The Bertz CT molecular complexity index is 1330. The maximum absolute atomic E-state index is 11.1. The molecule has 5 nitrogen and oxygen atoms in total. The predicted octanol–water partition coefficient (Wildman–Crippen LogP) is 7.80. The molecule has 1 aliphatic rings. The molecule has 1 heterocycles. The number of nitrogens with zero attached hydrogens (tertiary/aromatic N) is 2. The Hall–Kier alpha value is -3.64. The predicted molar refractivity (Wildman–Crippen MR) is 153 cm³/mol. The molecule has 0 aliphatic heterocycles. The van der Waals surface area contributed by atoms with E-state index in [1.165, 1.54) is 43.2 Å². The number of anilines is 2. The fourth-order valence-electron chi connectivity index (χ4n) is 5.00. The van der Waals surface area contributed by atoms with Crippen LogP contribution in [-0.4, -0.2) is 23.1 Å². The first-order valence-electron chi connectivity index (χ1n) is 13.0. The fourth-order valence-corrected chi connectivity index (χ4v) is 5.80. The Morgan fingerprint density at radius 2 is 1.73 bits per heavy atom. The molecule has 0 atom stereocenters. The molecule has 0 radical (unpaired) electrons. The van der Waals surface area contributed by atoms with Crippen LogP contribution in [0.15, 0.2) is 78.2 Å². The van der Waals surface area contributed by atoms with E-state index in [1.54, 1.807) is 23.5 Å². The number of carboxylic acids is 1. The average molecular weight is 512 g/mol. The molecule has 5 rings (SSSR count). The maximum atomic E-state index is 11.1. The number of nitrogens with one attached hydrogen (secondary N) is 1. The number of hydrogen-bond acceptors (Lipinski definition) is 5. The minimum absolute atomic E-state index is 0.299. The van der Waals surface area contributed by atoms with Gasteiger partial charge in [-0.25, -0.2) is 9.78 Å². The first kappa shape index (κ1) is 25.0. The van der Waals surface area contributed by atoms with E-state index in [1.807, 2.05) is 19.2 Å². The standard InChI is InChI=1S/C31H33N3O2S/c1-34(20-23-12-16-26(17-13-23)30(35)36)31-33-29(21-37-31)27-8-5-9-28(18-27)32-19-22-10-14-25(15-11-22)24-6-3-2-4-7-24/h5,8-18,21,24,32H,2-4,6-7,19-20H2,1H3,(H,35,36). The number of aromatic carboxylic acids is 1. The number of benzene rings is 3. The van der Waals surface area contributed by atoms with Crippen LogP contribution in [0.5, 0.6) is 0 Å². The number of carbonyl (C=O) groups is 1. The molecule has 0 amide bonds. The van der Waals surface area contributed by atoms with E-state index in [0.717, 1.165) is 40.1 Å². The topological polar surface area (TPSA) is 65.5 Å². The van der Waals surface area contributed by atoms with Crippen molar-refractivity contribution in [2.45, 2.75) is 51.1 Å². The van der Waals surface area contributed by atoms with Crippen LogP contribution in [0.2, 0.25) is 0 Å². The number of hydrogen-bond donors (Lipinski definition) is 2. The minimum Gasteiger partial charge on any atom is -0.478 e. The van der Waals surface area contributed by atoms with Crippen molar-refractivity contribution in [3.63, 3.8) is 0 Å². The zero-order valence-electron chi connectivity index (χ0n) is 21.2. The van der Waals surface area contributed by atoms with Crippen LogP contribution in [0, 0.1) is 0 Å². The van der Waals surface area contributed by atoms with Gasteiger partial charge in [-0.15, -0.1) is 11.3 Å². The van der Waals surface area contributed by atoms with Crippen LogP contribution in [0.4, 0.5) is 10.8 Å². The van der Waals surface area contributed by atoms with E-state index >= 15 is 0 Å². The summed E-state index contributed by atoms with van der Waals surface area (Å²) in [5.74, 6) is -0.166. The largest absolute Gasteiger partial charge is 0.478 e. The lowest BCUT2D eigenvalue weighted by atomic mass is 9.84. The summed E-state index contributed by atoms with van der Waals surface area (Å²) >= 11 is 1.61. The highest BCUT2D eigenvalue weighted by atomic mass is 32.1. The van der Waals surface area contributed by atoms with Crippen molar-refractivity contribution >= 4 is 28.1 Å². The molecular weight excluding hydrogens is 478 g/mol. The Morgan fingerprint density at radius 1 is 1.00 bits per heavy atom. The molecule has 4 aromatic rings. The molecular formula is C31H33N3O2S. The van der Waals surface area contributed by atoms with Gasteiger partial charge in [0.1, 0.15) is 0 Å². The Kier molecular flexibility index (Phi) is 7.85. The normalized spacial score (nSPS) is 13.9. The summed E-state index contributed by atoms with van der Waals surface area (Å²) in [5.41, 5.74) is 7.24. The first-order chi connectivity index (χ1) is 18.0. The molecule has 0 saturated heterocycles. The zero-order valence-corrected chi connectivity index (χ0v) is 22.0. The van der Waals surface area contributed by atoms with Crippen molar-refractivity contribution < 1.29 is 9.90 Å². The third-order valence-electron chi connectivity index (χ3n) is 7.15. The molecule has 37 heavy (non-hydrogen) atoms. The third-order valence-corrected chi connectivity index (χ3v) is 8.11. The van der Waals surface area contributed by atoms with E-state index in [9.17, 15) is 4.79 Å². The maximum Gasteiger partial charge on any atom is 0.335 e. The van der Waals surface area contributed by atoms with Gasteiger partial charge in [-0.05, 0) is 59.7 Å². The highest BCUT2D eigenvalue weighted by Crippen LogP contribution is 2.33. The van der Waals surface area contributed by atoms with Crippen molar-refractivity contribution in [3.05, 3.63) is 100 Å². The number of rotatable bonds is 9. The Labute approximate surface area is 222 Å². The van der Waals surface area contributed by atoms with Crippen molar-refractivity contribution in [2.75, 3.05) is 17.3 Å². The van der Waals surface area contributed by atoms with Crippen molar-refractivity contribution in [1.82, 2.24) is 4.98 Å². The second-order valence-corrected chi connectivity index (χ2v) is 10.7. The van der Waals surface area contributed by atoms with Crippen LogP contribution in [0.25, 0.3) is 11.3 Å². The van der Waals surface area contributed by atoms with Gasteiger partial charge in [0, 0.05) is 36.8 Å². The van der Waals surface area contributed by atoms with Gasteiger partial charge in [0.15, 0.2) is 5.13 Å². The van der Waals surface area contributed by atoms with Crippen molar-refractivity contribution in [1.29, 1.82) is 0 Å². The molecule has 3 aromatic carbocycles. The second-order valence-electron chi connectivity index (χ2n) is 9.88. The SMILES string of the molecule is CN(Cc1ccc(C(=O)O)cc1)c1nc(-c2cccc(NCc3ccc(C4CCCCC4)cc3)c2)cs1. The third kappa shape index (κ3) is 6.38. The van der Waals surface area contributed by atoms with Crippen LogP contribution in [0.3, 0.4) is 0 Å². The van der Waals surface area contributed by atoms with Crippen LogP contribution in [-0.2, 0) is 13.1 Å². The highest BCUT2D eigenvalue weighted by Gasteiger charge is 2.15. The van der Waals surface area contributed by atoms with E-state index in [2.05, 4.69) is 64.1 Å². The molecule has 2 N–H and O–H groups in total. The van der Waals surface area contributed by atoms with Gasteiger partial charge in [-0.1, -0.05) is 67.8 Å². The summed E-state index contributed by atoms with van der Waals surface area (Å²) in [6, 6.07) is 24.6. The summed E-state index contributed by atoms with van der Waals surface area (Å²) in [4.78, 5) is 18.0.